The minimum absolute atomic E-state index is 0.0490. The first kappa shape index (κ1) is 64.7. The zero-order valence-electron chi connectivity index (χ0n) is 42.1. The number of aliphatic hydroxyl groups excluding tert-OH is 2. The molecule has 0 bridgehead atoms. The number of aliphatic carboxylic acids is 2. The van der Waals surface area contributed by atoms with Gasteiger partial charge < -0.3 is 77.1 Å². The Bertz CT molecular complexity index is 2730. The highest BCUT2D eigenvalue weighted by atomic mass is 32.3. The summed E-state index contributed by atoms with van der Waals surface area (Å²) in [5, 5.41) is 53.5. The van der Waals surface area contributed by atoms with E-state index < -0.39 is 191 Å². The van der Waals surface area contributed by atoms with Gasteiger partial charge >= 0.3 is 32.7 Å². The molecule has 1 aliphatic heterocycles. The van der Waals surface area contributed by atoms with Crippen molar-refractivity contribution in [2.24, 2.45) is 17.4 Å². The molecule has 33 heteroatoms. The molecule has 10 atom stereocenters. The van der Waals surface area contributed by atoms with Crippen molar-refractivity contribution in [3.05, 3.63) is 59.7 Å². The molecule has 432 valence electrons. The van der Waals surface area contributed by atoms with Crippen LogP contribution in [0.15, 0.2) is 48.5 Å². The first-order chi connectivity index (χ1) is 36.3. The first-order valence-corrected chi connectivity index (χ1v) is 26.5. The molecular formula is C45H63N9O22S2. The summed E-state index contributed by atoms with van der Waals surface area (Å²) < 4.78 is 72.4. The predicted molar refractivity (Wildman–Crippen MR) is 265 cm³/mol. The molecule has 2 aromatic carbocycles. The number of rotatable bonds is 31. The molecule has 78 heavy (non-hydrogen) atoms. The third-order valence-electron chi connectivity index (χ3n) is 12.0. The van der Waals surface area contributed by atoms with Crippen LogP contribution in [-0.4, -0.2) is 178 Å². The van der Waals surface area contributed by atoms with Crippen molar-refractivity contribution in [3.8, 4) is 11.5 Å². The highest BCUT2D eigenvalue weighted by Gasteiger charge is 2.40. The van der Waals surface area contributed by atoms with Gasteiger partial charge in [-0.05, 0) is 67.5 Å². The maximum Gasteiger partial charge on any atom is 0.446 e. The highest BCUT2D eigenvalue weighted by molar-refractivity contribution is 7.81. The highest BCUT2D eigenvalue weighted by Crippen LogP contribution is 2.21. The number of primary amides is 1. The molecule has 0 aromatic heterocycles. The number of nitrogens with zero attached hydrogens (tertiary/aromatic N) is 1. The number of carboxylic acids is 2. The SMILES string of the molecule is CC[C@H](C)[C@H](N)C(=O)N[C@@H](CC(N)=O)C(=O)N[C@@H](Cc1ccc(OS(=O)(=O)O)cc1)C(=O)N[C@@H](Cc1ccc(OS(=O)(=O)O)cc1)C(=O)N[C@H](C(=O)N[C@@H](CO)C(=O)N[C@@H](CCC(=O)O)C(=O)N1CCC[C@H]1C(=O)O)[C@@H](C)O. The summed E-state index contributed by atoms with van der Waals surface area (Å²) in [5.41, 5.74) is 11.7. The summed E-state index contributed by atoms with van der Waals surface area (Å²) in [6, 6.07) is -4.73. The number of hydrogen-bond donors (Lipinski definition) is 14. The number of likely N-dealkylation sites (tertiary alicyclic amines) is 1. The zero-order valence-corrected chi connectivity index (χ0v) is 43.7. The quantitative estimate of drug-likeness (QED) is 0.0316. The van der Waals surface area contributed by atoms with Gasteiger partial charge in [0.2, 0.25) is 47.3 Å². The van der Waals surface area contributed by atoms with Crippen LogP contribution >= 0.6 is 0 Å². The molecule has 1 fully saturated rings. The maximum absolute atomic E-state index is 14.5. The van der Waals surface area contributed by atoms with Crippen LogP contribution in [0.3, 0.4) is 0 Å². The Hall–Kier alpha value is -7.56. The second-order valence-corrected chi connectivity index (χ2v) is 20.0. The number of carboxylic acid groups (broad SMARTS) is 2. The number of hydrogen-bond acceptors (Lipinski definition) is 19. The molecule has 0 saturated carbocycles. The van der Waals surface area contributed by atoms with Gasteiger partial charge in [0.25, 0.3) is 0 Å². The average molecular weight is 1150 g/mol. The lowest BCUT2D eigenvalue weighted by Gasteiger charge is -2.29. The number of nitrogens with two attached hydrogens (primary N) is 2. The number of nitrogens with one attached hydrogen (secondary N) is 6. The molecule has 0 radical (unpaired) electrons. The summed E-state index contributed by atoms with van der Waals surface area (Å²) in [7, 11) is -10.0. The smallest absolute Gasteiger partial charge is 0.446 e. The minimum atomic E-state index is -5.01. The van der Waals surface area contributed by atoms with E-state index in [4.69, 9.17) is 20.6 Å². The fourth-order valence-electron chi connectivity index (χ4n) is 7.63. The molecule has 3 rings (SSSR count). The van der Waals surface area contributed by atoms with E-state index in [0.29, 0.717) is 6.42 Å². The average Bonchev–Trinajstić information content (AvgIpc) is 3.85. The normalized spacial score (nSPS) is 16.9. The molecule has 0 unspecified atom stereocenters. The van der Waals surface area contributed by atoms with Crippen LogP contribution in [0.1, 0.15) is 70.4 Å². The van der Waals surface area contributed by atoms with Crippen LogP contribution < -0.4 is 51.7 Å². The van der Waals surface area contributed by atoms with Crippen LogP contribution in [0, 0.1) is 5.92 Å². The van der Waals surface area contributed by atoms with Crippen LogP contribution in [0.5, 0.6) is 11.5 Å². The van der Waals surface area contributed by atoms with Crippen molar-refractivity contribution >= 4 is 80.0 Å². The molecule has 31 nitrogen and oxygen atoms in total. The van der Waals surface area contributed by atoms with Gasteiger partial charge in [0.15, 0.2) is 0 Å². The van der Waals surface area contributed by atoms with E-state index in [2.05, 4.69) is 40.3 Å². The lowest BCUT2D eigenvalue weighted by Crippen LogP contribution is -2.62. The Morgan fingerprint density at radius 1 is 0.667 bits per heavy atom. The Labute approximate surface area is 446 Å². The van der Waals surface area contributed by atoms with Gasteiger partial charge in [0.1, 0.15) is 53.8 Å². The van der Waals surface area contributed by atoms with Crippen LogP contribution in [0.25, 0.3) is 0 Å². The van der Waals surface area contributed by atoms with Crippen LogP contribution in [0.4, 0.5) is 0 Å². The van der Waals surface area contributed by atoms with Crippen molar-refractivity contribution in [2.75, 3.05) is 13.2 Å². The van der Waals surface area contributed by atoms with Crippen molar-refractivity contribution < 1.29 is 103 Å². The number of carbonyl (C=O) groups excluding carboxylic acids is 8. The van der Waals surface area contributed by atoms with Crippen molar-refractivity contribution in [1.29, 1.82) is 0 Å². The molecule has 0 spiro atoms. The van der Waals surface area contributed by atoms with E-state index >= 15 is 0 Å². The predicted octanol–water partition coefficient (Wildman–Crippen LogP) is -4.69. The second-order valence-electron chi connectivity index (χ2n) is 18.0. The lowest BCUT2D eigenvalue weighted by atomic mass is 9.98. The third-order valence-corrected chi connectivity index (χ3v) is 12.8. The van der Waals surface area contributed by atoms with Gasteiger partial charge in [-0.25, -0.2) is 4.79 Å². The number of benzene rings is 2. The summed E-state index contributed by atoms with van der Waals surface area (Å²) in [6.45, 7) is 3.13. The summed E-state index contributed by atoms with van der Waals surface area (Å²) in [5.74, 6) is -13.3. The summed E-state index contributed by atoms with van der Waals surface area (Å²) >= 11 is 0. The van der Waals surface area contributed by atoms with Crippen LogP contribution in [0.2, 0.25) is 0 Å². The molecule has 2 aromatic rings. The molecule has 1 heterocycles. The van der Waals surface area contributed by atoms with E-state index in [1.807, 2.05) is 0 Å². The molecule has 0 aliphatic carbocycles. The van der Waals surface area contributed by atoms with Gasteiger partial charge in [0, 0.05) is 25.8 Å². The van der Waals surface area contributed by atoms with E-state index in [0.717, 1.165) is 36.1 Å². The van der Waals surface area contributed by atoms with Gasteiger partial charge in [0.05, 0.1) is 25.2 Å². The first-order valence-electron chi connectivity index (χ1n) is 23.7. The number of carbonyl (C=O) groups is 10. The molecule has 8 amide bonds. The zero-order chi connectivity index (χ0) is 58.8. The fraction of sp³-hybridized carbons (Fsp3) is 0.511. The largest absolute Gasteiger partial charge is 0.481 e. The van der Waals surface area contributed by atoms with Crippen molar-refractivity contribution in [1.82, 2.24) is 36.8 Å². The summed E-state index contributed by atoms with van der Waals surface area (Å²) in [4.78, 5) is 133. The molecule has 16 N–H and O–H groups in total. The van der Waals surface area contributed by atoms with Gasteiger partial charge in [-0.3, -0.25) is 52.3 Å². The molecular weight excluding hydrogens is 1080 g/mol. The van der Waals surface area contributed by atoms with E-state index in [9.17, 15) is 85.2 Å². The number of amides is 8. The van der Waals surface area contributed by atoms with Gasteiger partial charge in [-0.15, -0.1) is 0 Å². The second kappa shape index (κ2) is 29.3. The van der Waals surface area contributed by atoms with E-state index in [1.54, 1.807) is 13.8 Å². The van der Waals surface area contributed by atoms with Crippen molar-refractivity contribution in [3.63, 3.8) is 0 Å². The summed E-state index contributed by atoms with van der Waals surface area (Å²) in [6.07, 6.45) is -4.27. The van der Waals surface area contributed by atoms with E-state index in [-0.39, 0.29) is 30.5 Å². The minimum Gasteiger partial charge on any atom is -0.481 e. The standard InChI is InChI=1S/C45H63N9O22S2/c1-4-22(2)36(47)42(64)51-31(20-34(46)57)39(61)49-29(18-24-7-11-26(12-8-24)75-77(69,70)71)38(60)50-30(19-25-9-13-27(14-10-25)76-78(72,73)74)40(62)53-37(23(3)56)43(65)52-32(21-55)41(63)48-28(15-16-35(58)59)44(66)54-17-5-6-33(54)45(67)68/h7-14,22-23,28-33,36-37,55-56H,4-6,15-21,47H2,1-3H3,(H2,46,57)(H,48,63)(H,49,61)(H,50,60)(H,51,64)(H,52,65)(H,53,62)(H,58,59)(H,67,68)(H,69,70,71)(H,72,73,74)/t22-,23+,28-,29-,30-,31-,32-,33-,36-,37-/m0/s1. The van der Waals surface area contributed by atoms with E-state index in [1.165, 1.54) is 24.3 Å². The maximum atomic E-state index is 14.5. The third kappa shape index (κ3) is 21.1. The van der Waals surface area contributed by atoms with Crippen LogP contribution in [-0.2, 0) is 81.6 Å². The fourth-order valence-corrected chi connectivity index (χ4v) is 8.34. The lowest BCUT2D eigenvalue weighted by molar-refractivity contribution is -0.150. The Morgan fingerprint density at radius 3 is 1.53 bits per heavy atom. The Kier molecular flexibility index (Phi) is 24.3. The Balaban J connectivity index is 2.04. The number of aliphatic hydroxyl groups is 2. The molecule has 1 saturated heterocycles. The monoisotopic (exact) mass is 1150 g/mol. The molecule has 1 aliphatic rings. The van der Waals surface area contributed by atoms with Gasteiger partial charge in [-0.1, -0.05) is 44.5 Å². The van der Waals surface area contributed by atoms with Crippen molar-refractivity contribution in [2.45, 2.75) is 127 Å². The topological polar surface area (TPSA) is 506 Å². The Morgan fingerprint density at radius 2 is 1.10 bits per heavy atom. The van der Waals surface area contributed by atoms with Gasteiger partial charge in [-0.2, -0.15) is 16.8 Å².